The molecule has 0 saturated heterocycles. The maximum Gasteiger partial charge on any atom is 0.211 e. The predicted molar refractivity (Wildman–Crippen MR) is 81.5 cm³/mol. The van der Waals surface area contributed by atoms with E-state index in [4.69, 9.17) is 5.73 Å². The van der Waals surface area contributed by atoms with Gasteiger partial charge in [0.15, 0.2) is 0 Å². The molecule has 100 valence electrons. The fourth-order valence-electron chi connectivity index (χ4n) is 2.35. The molecule has 4 heteroatoms. The van der Waals surface area contributed by atoms with Gasteiger partial charge >= 0.3 is 0 Å². The van der Waals surface area contributed by atoms with Gasteiger partial charge in [-0.1, -0.05) is 28.1 Å². The highest BCUT2D eigenvalue weighted by atomic mass is 79.9. The fourth-order valence-corrected chi connectivity index (χ4v) is 2.75. The normalized spacial score (nSPS) is 11.0. The van der Waals surface area contributed by atoms with Crippen molar-refractivity contribution in [2.45, 2.75) is 26.8 Å². The second-order valence-electron chi connectivity index (χ2n) is 4.89. The SMILES string of the molecule is Cc1cc(N)c(C(=O)c2cccc(Br)c2)n1C(C)C. The minimum Gasteiger partial charge on any atom is -0.397 e. The number of hydrogen-bond acceptors (Lipinski definition) is 2. The predicted octanol–water partition coefficient (Wildman–Crippen LogP) is 3.95. The summed E-state index contributed by atoms with van der Waals surface area (Å²) in [4.78, 5) is 12.6. The summed E-state index contributed by atoms with van der Waals surface area (Å²) in [6.07, 6.45) is 0. The summed E-state index contributed by atoms with van der Waals surface area (Å²) in [7, 11) is 0. The van der Waals surface area contributed by atoms with Crippen molar-refractivity contribution in [3.05, 3.63) is 51.8 Å². The molecule has 2 aromatic rings. The van der Waals surface area contributed by atoms with E-state index >= 15 is 0 Å². The van der Waals surface area contributed by atoms with E-state index in [1.54, 1.807) is 6.07 Å². The highest BCUT2D eigenvalue weighted by Gasteiger charge is 2.21. The van der Waals surface area contributed by atoms with Gasteiger partial charge in [0.25, 0.3) is 0 Å². The Hall–Kier alpha value is -1.55. The molecule has 1 aromatic heterocycles. The zero-order valence-electron chi connectivity index (χ0n) is 11.3. The molecule has 1 heterocycles. The molecule has 0 aliphatic rings. The third-order valence-corrected chi connectivity index (χ3v) is 3.57. The third-order valence-electron chi connectivity index (χ3n) is 3.08. The maximum absolute atomic E-state index is 12.6. The number of nitrogens with two attached hydrogens (primary N) is 1. The van der Waals surface area contributed by atoms with Crippen LogP contribution in [-0.2, 0) is 0 Å². The summed E-state index contributed by atoms with van der Waals surface area (Å²) < 4.78 is 2.87. The Morgan fingerprint density at radius 2 is 2.00 bits per heavy atom. The Bertz CT molecular complexity index is 629. The van der Waals surface area contributed by atoms with Gasteiger partial charge in [0.05, 0.1) is 5.69 Å². The standard InChI is InChI=1S/C15H17BrN2O/c1-9(2)18-10(3)7-13(17)14(18)15(19)11-5-4-6-12(16)8-11/h4-9H,17H2,1-3H3. The van der Waals surface area contributed by atoms with Gasteiger partial charge in [0.2, 0.25) is 5.78 Å². The highest BCUT2D eigenvalue weighted by molar-refractivity contribution is 9.10. The van der Waals surface area contributed by atoms with Crippen LogP contribution < -0.4 is 5.73 Å². The Kier molecular flexibility index (Phi) is 3.80. The van der Waals surface area contributed by atoms with Gasteiger partial charge in [-0.25, -0.2) is 0 Å². The van der Waals surface area contributed by atoms with E-state index in [2.05, 4.69) is 15.9 Å². The molecule has 0 aliphatic carbocycles. The van der Waals surface area contributed by atoms with Crippen LogP contribution in [0, 0.1) is 6.92 Å². The summed E-state index contributed by atoms with van der Waals surface area (Å²) in [5.74, 6) is -0.0411. The number of carbonyl (C=O) groups excluding carboxylic acids is 1. The minimum absolute atomic E-state index is 0.0411. The summed E-state index contributed by atoms with van der Waals surface area (Å²) >= 11 is 3.38. The molecule has 0 radical (unpaired) electrons. The van der Waals surface area contributed by atoms with Crippen LogP contribution in [0.2, 0.25) is 0 Å². The Morgan fingerprint density at radius 3 is 2.58 bits per heavy atom. The average molecular weight is 321 g/mol. The number of halogens is 1. The van der Waals surface area contributed by atoms with Crippen molar-refractivity contribution in [2.75, 3.05) is 5.73 Å². The second-order valence-corrected chi connectivity index (χ2v) is 5.81. The molecule has 0 atom stereocenters. The number of hydrogen-bond donors (Lipinski definition) is 1. The van der Waals surface area contributed by atoms with Crippen molar-refractivity contribution in [1.29, 1.82) is 0 Å². The van der Waals surface area contributed by atoms with Crippen LogP contribution in [0.3, 0.4) is 0 Å². The molecule has 0 spiro atoms. The first-order chi connectivity index (χ1) is 8.91. The van der Waals surface area contributed by atoms with Crippen molar-refractivity contribution in [3.8, 4) is 0 Å². The molecule has 1 aromatic carbocycles. The van der Waals surface area contributed by atoms with Gasteiger partial charge < -0.3 is 10.3 Å². The first-order valence-corrected chi connectivity index (χ1v) is 6.98. The first kappa shape index (κ1) is 13.9. The van der Waals surface area contributed by atoms with Crippen LogP contribution in [-0.4, -0.2) is 10.4 Å². The van der Waals surface area contributed by atoms with Gasteiger partial charge in [-0.15, -0.1) is 0 Å². The molecule has 3 nitrogen and oxygen atoms in total. The number of nitrogens with zero attached hydrogens (tertiary/aromatic N) is 1. The molecule has 0 aliphatic heterocycles. The zero-order chi connectivity index (χ0) is 14.2. The molecule has 0 fully saturated rings. The van der Waals surface area contributed by atoms with Crippen molar-refractivity contribution >= 4 is 27.4 Å². The van der Waals surface area contributed by atoms with E-state index < -0.39 is 0 Å². The van der Waals surface area contributed by atoms with E-state index in [-0.39, 0.29) is 11.8 Å². The molecule has 2 N–H and O–H groups in total. The third kappa shape index (κ3) is 2.59. The molecule has 0 unspecified atom stereocenters. The number of aryl methyl sites for hydroxylation is 1. The number of carbonyl (C=O) groups is 1. The van der Waals surface area contributed by atoms with Crippen molar-refractivity contribution < 1.29 is 4.79 Å². The number of benzene rings is 1. The number of ketones is 1. The first-order valence-electron chi connectivity index (χ1n) is 6.19. The lowest BCUT2D eigenvalue weighted by molar-refractivity contribution is 0.102. The molecule has 19 heavy (non-hydrogen) atoms. The van der Waals surface area contributed by atoms with Crippen LogP contribution in [0.15, 0.2) is 34.8 Å². The molecule has 0 amide bonds. The topological polar surface area (TPSA) is 48.0 Å². The Labute approximate surface area is 121 Å². The lowest BCUT2D eigenvalue weighted by Gasteiger charge is -2.15. The van der Waals surface area contributed by atoms with Crippen molar-refractivity contribution in [3.63, 3.8) is 0 Å². The lowest BCUT2D eigenvalue weighted by atomic mass is 10.1. The van der Waals surface area contributed by atoms with E-state index in [0.29, 0.717) is 16.9 Å². The van der Waals surface area contributed by atoms with Gasteiger partial charge in [-0.3, -0.25) is 4.79 Å². The highest BCUT2D eigenvalue weighted by Crippen LogP contribution is 2.26. The van der Waals surface area contributed by atoms with Gasteiger partial charge in [0.1, 0.15) is 5.69 Å². The molecule has 2 rings (SSSR count). The largest absolute Gasteiger partial charge is 0.397 e. The Balaban J connectivity index is 2.56. The summed E-state index contributed by atoms with van der Waals surface area (Å²) in [5, 5.41) is 0. The quantitative estimate of drug-likeness (QED) is 0.870. The van der Waals surface area contributed by atoms with E-state index in [0.717, 1.165) is 10.2 Å². The number of aromatic nitrogens is 1. The lowest BCUT2D eigenvalue weighted by Crippen LogP contribution is -2.14. The molecular formula is C15H17BrN2O. The van der Waals surface area contributed by atoms with Crippen LogP contribution in [0.4, 0.5) is 5.69 Å². The number of nitrogen functional groups attached to an aromatic ring is 1. The summed E-state index contributed by atoms with van der Waals surface area (Å²) in [5.41, 5.74) is 8.76. The van der Waals surface area contributed by atoms with E-state index in [1.807, 2.05) is 49.6 Å². The number of rotatable bonds is 3. The maximum atomic E-state index is 12.6. The second kappa shape index (κ2) is 5.21. The fraction of sp³-hybridized carbons (Fsp3) is 0.267. The van der Waals surface area contributed by atoms with Gasteiger partial charge in [-0.2, -0.15) is 0 Å². The van der Waals surface area contributed by atoms with Crippen molar-refractivity contribution in [2.24, 2.45) is 0 Å². The average Bonchev–Trinajstić information content (AvgIpc) is 2.63. The monoisotopic (exact) mass is 320 g/mol. The molecule has 0 saturated carbocycles. The summed E-state index contributed by atoms with van der Waals surface area (Å²) in [6, 6.07) is 9.42. The van der Waals surface area contributed by atoms with Crippen LogP contribution in [0.5, 0.6) is 0 Å². The molecule has 0 bridgehead atoms. The molecular weight excluding hydrogens is 304 g/mol. The minimum atomic E-state index is -0.0411. The number of anilines is 1. The Morgan fingerprint density at radius 1 is 1.32 bits per heavy atom. The smallest absolute Gasteiger partial charge is 0.211 e. The van der Waals surface area contributed by atoms with E-state index in [1.165, 1.54) is 0 Å². The van der Waals surface area contributed by atoms with Crippen LogP contribution in [0.25, 0.3) is 0 Å². The summed E-state index contributed by atoms with van der Waals surface area (Å²) in [6.45, 7) is 6.06. The zero-order valence-corrected chi connectivity index (χ0v) is 12.9. The van der Waals surface area contributed by atoms with Crippen molar-refractivity contribution in [1.82, 2.24) is 4.57 Å². The van der Waals surface area contributed by atoms with Gasteiger partial charge in [0, 0.05) is 21.8 Å². The van der Waals surface area contributed by atoms with E-state index in [9.17, 15) is 4.79 Å². The van der Waals surface area contributed by atoms with Crippen LogP contribution in [0.1, 0.15) is 41.6 Å². The van der Waals surface area contributed by atoms with Gasteiger partial charge in [-0.05, 0) is 39.0 Å². The van der Waals surface area contributed by atoms with Crippen LogP contribution >= 0.6 is 15.9 Å².